The van der Waals surface area contributed by atoms with E-state index in [0.717, 1.165) is 13.1 Å². The lowest BCUT2D eigenvalue weighted by Gasteiger charge is -2.32. The van der Waals surface area contributed by atoms with Gasteiger partial charge in [-0.3, -0.25) is 4.98 Å². The molecule has 0 atom stereocenters. The van der Waals surface area contributed by atoms with Crippen LogP contribution in [0.3, 0.4) is 0 Å². The molecule has 2 saturated heterocycles. The molecule has 0 unspecified atom stereocenters. The van der Waals surface area contributed by atoms with E-state index in [1.807, 2.05) is 27.7 Å². The van der Waals surface area contributed by atoms with Gasteiger partial charge in [0.2, 0.25) is 0 Å². The average Bonchev–Trinajstić information content (AvgIpc) is 2.48. The van der Waals surface area contributed by atoms with Gasteiger partial charge in [0.15, 0.2) is 0 Å². The van der Waals surface area contributed by atoms with Gasteiger partial charge in [0.1, 0.15) is 5.82 Å². The van der Waals surface area contributed by atoms with Crippen LogP contribution in [0.1, 0.15) is 39.3 Å². The minimum Gasteiger partial charge on any atom is -0.399 e. The van der Waals surface area contributed by atoms with E-state index in [4.69, 9.17) is 9.31 Å². The third-order valence-electron chi connectivity index (χ3n) is 4.58. The molecule has 0 spiro atoms. The summed E-state index contributed by atoms with van der Waals surface area (Å²) in [6, 6.07) is 1.49. The highest BCUT2D eigenvalue weighted by molar-refractivity contribution is 6.62. The fourth-order valence-corrected chi connectivity index (χ4v) is 2.35. The van der Waals surface area contributed by atoms with E-state index in [-0.39, 0.29) is 11.7 Å². The van der Waals surface area contributed by atoms with Gasteiger partial charge in [-0.25, -0.2) is 4.39 Å². The number of rotatable bonds is 2. The van der Waals surface area contributed by atoms with E-state index in [1.54, 1.807) is 6.20 Å². The summed E-state index contributed by atoms with van der Waals surface area (Å²) in [5, 5.41) is 3.12. The Morgan fingerprint density at radius 1 is 1.25 bits per heavy atom. The molecule has 3 heterocycles. The van der Waals surface area contributed by atoms with E-state index in [2.05, 4.69) is 10.3 Å². The Morgan fingerprint density at radius 2 is 1.85 bits per heavy atom. The SMILES string of the molecule is CC1(C)OB(c2cnc(C3CNC3)c(F)c2)OC1(C)C. The van der Waals surface area contributed by atoms with Crippen LogP contribution in [0.25, 0.3) is 0 Å². The maximum atomic E-state index is 14.2. The van der Waals surface area contributed by atoms with E-state index in [9.17, 15) is 4.39 Å². The summed E-state index contributed by atoms with van der Waals surface area (Å²) in [6.07, 6.45) is 1.67. The van der Waals surface area contributed by atoms with Gasteiger partial charge >= 0.3 is 7.12 Å². The van der Waals surface area contributed by atoms with Crippen molar-refractivity contribution in [3.8, 4) is 0 Å². The minimum absolute atomic E-state index is 0.183. The maximum absolute atomic E-state index is 14.2. The van der Waals surface area contributed by atoms with Gasteiger partial charge < -0.3 is 14.6 Å². The van der Waals surface area contributed by atoms with Crippen molar-refractivity contribution >= 4 is 12.6 Å². The number of nitrogens with one attached hydrogen (secondary N) is 1. The van der Waals surface area contributed by atoms with Crippen LogP contribution >= 0.6 is 0 Å². The van der Waals surface area contributed by atoms with E-state index < -0.39 is 18.3 Å². The Hall–Kier alpha value is -0.975. The van der Waals surface area contributed by atoms with Crippen LogP contribution in [0, 0.1) is 5.82 Å². The number of aromatic nitrogens is 1. The molecule has 0 bridgehead atoms. The Balaban J connectivity index is 1.83. The maximum Gasteiger partial charge on any atom is 0.496 e. The van der Waals surface area contributed by atoms with E-state index >= 15 is 0 Å². The summed E-state index contributed by atoms with van der Waals surface area (Å²) in [5.41, 5.74) is 0.316. The molecule has 4 nitrogen and oxygen atoms in total. The third kappa shape index (κ3) is 2.16. The number of nitrogens with zero attached hydrogens (tertiary/aromatic N) is 1. The largest absolute Gasteiger partial charge is 0.496 e. The molecular formula is C14H20BFN2O2. The van der Waals surface area contributed by atoms with Crippen LogP contribution in [0.2, 0.25) is 0 Å². The summed E-state index contributed by atoms with van der Waals surface area (Å²) < 4.78 is 26.0. The first-order valence-corrected chi connectivity index (χ1v) is 7.02. The minimum atomic E-state index is -0.560. The molecular weight excluding hydrogens is 258 g/mol. The zero-order valence-corrected chi connectivity index (χ0v) is 12.4. The van der Waals surface area contributed by atoms with E-state index in [0.29, 0.717) is 11.2 Å². The molecule has 108 valence electrons. The Morgan fingerprint density at radius 3 is 2.30 bits per heavy atom. The second kappa shape index (κ2) is 4.51. The van der Waals surface area contributed by atoms with Gasteiger partial charge in [-0.05, 0) is 33.8 Å². The van der Waals surface area contributed by atoms with Crippen molar-refractivity contribution in [1.82, 2.24) is 10.3 Å². The molecule has 0 aromatic carbocycles. The zero-order chi connectivity index (χ0) is 14.5. The monoisotopic (exact) mass is 278 g/mol. The van der Waals surface area contributed by atoms with Crippen molar-refractivity contribution in [2.45, 2.75) is 44.8 Å². The second-order valence-corrected chi connectivity index (χ2v) is 6.58. The van der Waals surface area contributed by atoms with Gasteiger partial charge in [-0.15, -0.1) is 0 Å². The van der Waals surface area contributed by atoms with Crippen LogP contribution in [0.4, 0.5) is 4.39 Å². The van der Waals surface area contributed by atoms with Crippen molar-refractivity contribution in [2.24, 2.45) is 0 Å². The number of pyridine rings is 1. The highest BCUT2D eigenvalue weighted by Crippen LogP contribution is 2.36. The molecule has 2 aliphatic rings. The number of halogens is 1. The van der Waals surface area contributed by atoms with Gasteiger partial charge in [0, 0.05) is 30.7 Å². The first kappa shape index (κ1) is 14.0. The Kier molecular flexibility index (Phi) is 3.16. The molecule has 2 aliphatic heterocycles. The number of hydrogen-bond acceptors (Lipinski definition) is 4. The van der Waals surface area contributed by atoms with Gasteiger partial charge in [-0.2, -0.15) is 0 Å². The molecule has 1 N–H and O–H groups in total. The van der Waals surface area contributed by atoms with Crippen LogP contribution in [0.5, 0.6) is 0 Å². The summed E-state index contributed by atoms with van der Waals surface area (Å²) in [6.45, 7) is 9.49. The fraction of sp³-hybridized carbons (Fsp3) is 0.643. The summed E-state index contributed by atoms with van der Waals surface area (Å²) >= 11 is 0. The summed E-state index contributed by atoms with van der Waals surface area (Å²) in [7, 11) is -0.560. The van der Waals surface area contributed by atoms with Crippen molar-refractivity contribution in [2.75, 3.05) is 13.1 Å². The van der Waals surface area contributed by atoms with Gasteiger partial charge in [0.25, 0.3) is 0 Å². The zero-order valence-electron chi connectivity index (χ0n) is 12.4. The lowest BCUT2D eigenvalue weighted by Crippen LogP contribution is -2.42. The van der Waals surface area contributed by atoms with Crippen LogP contribution < -0.4 is 10.8 Å². The van der Waals surface area contributed by atoms with Crippen molar-refractivity contribution in [3.05, 3.63) is 23.8 Å². The predicted octanol–water partition coefficient (Wildman–Crippen LogP) is 1.21. The molecule has 20 heavy (non-hydrogen) atoms. The highest BCUT2D eigenvalue weighted by Gasteiger charge is 2.52. The average molecular weight is 278 g/mol. The molecule has 2 fully saturated rings. The van der Waals surface area contributed by atoms with Gasteiger partial charge in [0.05, 0.1) is 16.9 Å². The van der Waals surface area contributed by atoms with Crippen LogP contribution in [-0.2, 0) is 9.31 Å². The smallest absolute Gasteiger partial charge is 0.399 e. The molecule has 3 rings (SSSR count). The normalized spacial score (nSPS) is 24.8. The summed E-state index contributed by atoms with van der Waals surface area (Å²) in [5.74, 6) is -0.0916. The molecule has 0 saturated carbocycles. The molecule has 1 aromatic heterocycles. The van der Waals surface area contributed by atoms with Crippen LogP contribution in [-0.4, -0.2) is 36.4 Å². The van der Waals surface area contributed by atoms with Crippen LogP contribution in [0.15, 0.2) is 12.3 Å². The lowest BCUT2D eigenvalue weighted by atomic mass is 9.80. The molecule has 1 aromatic rings. The lowest BCUT2D eigenvalue weighted by molar-refractivity contribution is 0.00578. The number of hydrogen-bond donors (Lipinski definition) is 1. The fourth-order valence-electron chi connectivity index (χ4n) is 2.35. The predicted molar refractivity (Wildman–Crippen MR) is 75.5 cm³/mol. The van der Waals surface area contributed by atoms with E-state index in [1.165, 1.54) is 6.07 Å². The molecule has 0 radical (unpaired) electrons. The molecule has 0 aliphatic carbocycles. The quantitative estimate of drug-likeness (QED) is 0.826. The first-order valence-electron chi connectivity index (χ1n) is 7.02. The highest BCUT2D eigenvalue weighted by atomic mass is 19.1. The molecule has 6 heteroatoms. The summed E-state index contributed by atoms with van der Waals surface area (Å²) in [4.78, 5) is 4.27. The topological polar surface area (TPSA) is 43.4 Å². The third-order valence-corrected chi connectivity index (χ3v) is 4.58. The van der Waals surface area contributed by atoms with Crippen molar-refractivity contribution < 1.29 is 13.7 Å². The molecule has 0 amide bonds. The Labute approximate surface area is 119 Å². The Bertz CT molecular complexity index is 516. The van der Waals surface area contributed by atoms with Gasteiger partial charge in [-0.1, -0.05) is 0 Å². The van der Waals surface area contributed by atoms with Crippen molar-refractivity contribution in [1.29, 1.82) is 0 Å². The standard InChI is InChI=1S/C14H20BFN2O2/c1-13(2)14(3,4)20-15(19-13)10-5-11(16)12(18-8-10)9-6-17-7-9/h5,8-9,17H,6-7H2,1-4H3. The first-order chi connectivity index (χ1) is 9.30. The van der Waals surface area contributed by atoms with Crippen molar-refractivity contribution in [3.63, 3.8) is 0 Å². The second-order valence-electron chi connectivity index (χ2n) is 6.58.